The van der Waals surface area contributed by atoms with Gasteiger partial charge in [0.15, 0.2) is 5.58 Å². The van der Waals surface area contributed by atoms with E-state index in [1.54, 1.807) is 11.8 Å². The lowest BCUT2D eigenvalue weighted by Crippen LogP contribution is -2.28. The molecule has 1 aromatic carbocycles. The topological polar surface area (TPSA) is 38.1 Å². The summed E-state index contributed by atoms with van der Waals surface area (Å²) in [4.78, 5) is 4.45. The molecule has 2 aromatic rings. The second-order valence-corrected chi connectivity index (χ2v) is 5.83. The van der Waals surface area contributed by atoms with Gasteiger partial charge in [0.1, 0.15) is 5.52 Å². The van der Waals surface area contributed by atoms with Gasteiger partial charge < -0.3 is 9.73 Å². The fourth-order valence-electron chi connectivity index (χ4n) is 1.52. The highest BCUT2D eigenvalue weighted by Crippen LogP contribution is 2.26. The molecule has 1 N–H and O–H groups in total. The predicted molar refractivity (Wildman–Crippen MR) is 72.5 cm³/mol. The number of oxazole rings is 1. The maximum Gasteiger partial charge on any atom is 0.257 e. The summed E-state index contributed by atoms with van der Waals surface area (Å²) in [5.41, 5.74) is 1.79. The van der Waals surface area contributed by atoms with Gasteiger partial charge in [-0.05, 0) is 12.1 Å². The molecular formula is C13H18N2OS. The summed E-state index contributed by atoms with van der Waals surface area (Å²) >= 11 is 1.67. The van der Waals surface area contributed by atoms with E-state index in [0.29, 0.717) is 11.3 Å². The molecule has 0 bridgehead atoms. The standard InChI is InChI=1S/C13H18N2OS/c1-9(2)14-8-10(3)17-13-15-11-6-4-5-7-12(11)16-13/h4-7,9-10,14H,8H2,1-3H3. The highest BCUT2D eigenvalue weighted by atomic mass is 32.2. The van der Waals surface area contributed by atoms with Gasteiger partial charge in [0.2, 0.25) is 0 Å². The zero-order chi connectivity index (χ0) is 12.3. The molecule has 92 valence electrons. The monoisotopic (exact) mass is 250 g/mol. The van der Waals surface area contributed by atoms with Crippen molar-refractivity contribution in [3.63, 3.8) is 0 Å². The molecule has 3 nitrogen and oxygen atoms in total. The molecular weight excluding hydrogens is 232 g/mol. The second-order valence-electron chi connectivity index (χ2n) is 4.44. The van der Waals surface area contributed by atoms with Gasteiger partial charge in [-0.25, -0.2) is 4.98 Å². The molecule has 0 amide bonds. The first-order valence-corrected chi connectivity index (χ1v) is 6.78. The average molecular weight is 250 g/mol. The Bertz CT molecular complexity index is 448. The molecule has 0 spiro atoms. The number of benzene rings is 1. The zero-order valence-electron chi connectivity index (χ0n) is 10.4. The van der Waals surface area contributed by atoms with Crippen LogP contribution in [0.2, 0.25) is 0 Å². The number of nitrogens with zero attached hydrogens (tertiary/aromatic N) is 1. The number of rotatable bonds is 5. The first kappa shape index (κ1) is 12.5. The van der Waals surface area contributed by atoms with Crippen LogP contribution in [-0.4, -0.2) is 22.8 Å². The van der Waals surface area contributed by atoms with Crippen LogP contribution in [-0.2, 0) is 0 Å². The molecule has 0 saturated carbocycles. The van der Waals surface area contributed by atoms with Gasteiger partial charge in [-0.3, -0.25) is 0 Å². The van der Waals surface area contributed by atoms with Crippen molar-refractivity contribution < 1.29 is 4.42 Å². The molecule has 0 aliphatic heterocycles. The van der Waals surface area contributed by atoms with E-state index in [0.717, 1.165) is 22.9 Å². The van der Waals surface area contributed by atoms with Crippen LogP contribution in [0, 0.1) is 0 Å². The van der Waals surface area contributed by atoms with Crippen LogP contribution < -0.4 is 5.32 Å². The van der Waals surface area contributed by atoms with Crippen molar-refractivity contribution in [2.75, 3.05) is 6.54 Å². The van der Waals surface area contributed by atoms with Crippen LogP contribution in [0.25, 0.3) is 11.1 Å². The van der Waals surface area contributed by atoms with Crippen molar-refractivity contribution in [3.05, 3.63) is 24.3 Å². The SMILES string of the molecule is CC(C)NCC(C)Sc1nc2ccccc2o1. The summed E-state index contributed by atoms with van der Waals surface area (Å²) in [6, 6.07) is 8.37. The van der Waals surface area contributed by atoms with Crippen LogP contribution >= 0.6 is 11.8 Å². The Kier molecular flexibility index (Phi) is 4.07. The maximum absolute atomic E-state index is 5.67. The van der Waals surface area contributed by atoms with Crippen molar-refractivity contribution in [1.29, 1.82) is 0 Å². The van der Waals surface area contributed by atoms with Gasteiger partial charge >= 0.3 is 0 Å². The number of hydrogen-bond donors (Lipinski definition) is 1. The van der Waals surface area contributed by atoms with Gasteiger partial charge in [0, 0.05) is 17.8 Å². The Morgan fingerprint density at radius 3 is 2.76 bits per heavy atom. The molecule has 0 saturated heterocycles. The molecule has 1 unspecified atom stereocenters. The van der Waals surface area contributed by atoms with Crippen LogP contribution in [0.5, 0.6) is 0 Å². The molecule has 1 atom stereocenters. The Morgan fingerprint density at radius 2 is 2.06 bits per heavy atom. The second kappa shape index (κ2) is 5.56. The van der Waals surface area contributed by atoms with E-state index in [-0.39, 0.29) is 0 Å². The van der Waals surface area contributed by atoms with Crippen molar-refractivity contribution in [2.45, 2.75) is 37.3 Å². The molecule has 1 heterocycles. The Morgan fingerprint density at radius 1 is 1.29 bits per heavy atom. The minimum absolute atomic E-state index is 0.450. The van der Waals surface area contributed by atoms with Gasteiger partial charge in [0.05, 0.1) is 0 Å². The fourth-order valence-corrected chi connectivity index (χ4v) is 2.33. The van der Waals surface area contributed by atoms with E-state index in [4.69, 9.17) is 4.42 Å². The Balaban J connectivity index is 1.98. The average Bonchev–Trinajstić information content (AvgIpc) is 2.68. The fraction of sp³-hybridized carbons (Fsp3) is 0.462. The normalized spacial score (nSPS) is 13.4. The lowest BCUT2D eigenvalue weighted by molar-refractivity contribution is 0.487. The van der Waals surface area contributed by atoms with Crippen LogP contribution in [0.15, 0.2) is 33.9 Å². The maximum atomic E-state index is 5.67. The summed E-state index contributed by atoms with van der Waals surface area (Å²) in [6.07, 6.45) is 0. The Hall–Kier alpha value is -1.00. The minimum Gasteiger partial charge on any atom is -0.431 e. The van der Waals surface area contributed by atoms with Crippen molar-refractivity contribution in [1.82, 2.24) is 10.3 Å². The van der Waals surface area contributed by atoms with E-state index in [1.807, 2.05) is 24.3 Å². The number of nitrogens with one attached hydrogen (secondary N) is 1. The third kappa shape index (κ3) is 3.48. The van der Waals surface area contributed by atoms with Gasteiger partial charge in [-0.2, -0.15) is 0 Å². The zero-order valence-corrected chi connectivity index (χ0v) is 11.3. The quantitative estimate of drug-likeness (QED) is 0.826. The lowest BCUT2D eigenvalue weighted by Gasteiger charge is -2.12. The van der Waals surface area contributed by atoms with Crippen LogP contribution in [0.3, 0.4) is 0 Å². The predicted octanol–water partition coefficient (Wildman–Crippen LogP) is 3.31. The van der Waals surface area contributed by atoms with E-state index in [9.17, 15) is 0 Å². The highest BCUT2D eigenvalue weighted by Gasteiger charge is 2.10. The molecule has 0 radical (unpaired) electrons. The number of hydrogen-bond acceptors (Lipinski definition) is 4. The third-order valence-electron chi connectivity index (χ3n) is 2.39. The van der Waals surface area contributed by atoms with E-state index in [1.165, 1.54) is 0 Å². The Labute approximate surface area is 106 Å². The third-order valence-corrected chi connectivity index (χ3v) is 3.34. The number of para-hydroxylation sites is 2. The molecule has 17 heavy (non-hydrogen) atoms. The summed E-state index contributed by atoms with van der Waals surface area (Å²) in [7, 11) is 0. The summed E-state index contributed by atoms with van der Waals surface area (Å²) in [5, 5.41) is 4.61. The number of fused-ring (bicyclic) bond motifs is 1. The first-order chi connectivity index (χ1) is 8.15. The van der Waals surface area contributed by atoms with E-state index >= 15 is 0 Å². The summed E-state index contributed by atoms with van der Waals surface area (Å²) < 4.78 is 5.67. The smallest absolute Gasteiger partial charge is 0.257 e. The largest absolute Gasteiger partial charge is 0.431 e. The minimum atomic E-state index is 0.450. The van der Waals surface area contributed by atoms with Crippen molar-refractivity contribution in [2.24, 2.45) is 0 Å². The van der Waals surface area contributed by atoms with Crippen molar-refractivity contribution in [3.8, 4) is 0 Å². The number of aromatic nitrogens is 1. The van der Waals surface area contributed by atoms with Gasteiger partial charge in [0.25, 0.3) is 5.22 Å². The van der Waals surface area contributed by atoms with Gasteiger partial charge in [-0.15, -0.1) is 0 Å². The molecule has 4 heteroatoms. The van der Waals surface area contributed by atoms with Gasteiger partial charge in [-0.1, -0.05) is 44.7 Å². The molecule has 1 aromatic heterocycles. The highest BCUT2D eigenvalue weighted by molar-refractivity contribution is 7.99. The van der Waals surface area contributed by atoms with E-state index < -0.39 is 0 Å². The van der Waals surface area contributed by atoms with Crippen LogP contribution in [0.1, 0.15) is 20.8 Å². The van der Waals surface area contributed by atoms with E-state index in [2.05, 4.69) is 31.1 Å². The molecule has 0 aliphatic carbocycles. The summed E-state index contributed by atoms with van der Waals surface area (Å²) in [5.74, 6) is 0. The molecule has 0 aliphatic rings. The first-order valence-electron chi connectivity index (χ1n) is 5.91. The molecule has 0 fully saturated rings. The number of thioether (sulfide) groups is 1. The van der Waals surface area contributed by atoms with Crippen molar-refractivity contribution >= 4 is 22.9 Å². The lowest BCUT2D eigenvalue weighted by atomic mass is 10.3. The van der Waals surface area contributed by atoms with Crippen LogP contribution in [0.4, 0.5) is 0 Å². The molecule has 2 rings (SSSR count). The summed E-state index contributed by atoms with van der Waals surface area (Å²) in [6.45, 7) is 7.43.